The lowest BCUT2D eigenvalue weighted by Crippen LogP contribution is -2.39. The van der Waals surface area contributed by atoms with Crippen LogP contribution in [0.2, 0.25) is 0 Å². The van der Waals surface area contributed by atoms with Gasteiger partial charge >= 0.3 is 0 Å². The molecule has 1 aliphatic rings. The summed E-state index contributed by atoms with van der Waals surface area (Å²) in [6.45, 7) is 3.17. The van der Waals surface area contributed by atoms with E-state index in [-0.39, 0.29) is 0 Å². The summed E-state index contributed by atoms with van der Waals surface area (Å²) in [6, 6.07) is 0.567. The monoisotopic (exact) mass is 199 g/mol. The molecule has 0 aromatic carbocycles. The fourth-order valence-electron chi connectivity index (χ4n) is 2.63. The van der Waals surface area contributed by atoms with Gasteiger partial charge in [-0.1, -0.05) is 26.2 Å². The lowest BCUT2D eigenvalue weighted by Gasteiger charge is -2.33. The molecule has 1 saturated carbocycles. The van der Waals surface area contributed by atoms with E-state index < -0.39 is 0 Å². The van der Waals surface area contributed by atoms with Crippen LogP contribution in [0.1, 0.15) is 39.0 Å². The van der Waals surface area contributed by atoms with Gasteiger partial charge in [-0.15, -0.1) is 0 Å². The molecule has 0 heterocycles. The highest BCUT2D eigenvalue weighted by Crippen LogP contribution is 2.32. The predicted molar refractivity (Wildman–Crippen MR) is 60.5 cm³/mol. The SMILES string of the molecule is CCC1CCC(C(COC)NC)CC1. The van der Waals surface area contributed by atoms with Gasteiger partial charge in [0.2, 0.25) is 0 Å². The van der Waals surface area contributed by atoms with E-state index >= 15 is 0 Å². The zero-order chi connectivity index (χ0) is 10.4. The van der Waals surface area contributed by atoms with E-state index in [1.54, 1.807) is 7.11 Å². The smallest absolute Gasteiger partial charge is 0.0618 e. The number of methoxy groups -OCH3 is 1. The number of nitrogens with one attached hydrogen (secondary N) is 1. The van der Waals surface area contributed by atoms with E-state index in [2.05, 4.69) is 19.3 Å². The first kappa shape index (κ1) is 12.0. The van der Waals surface area contributed by atoms with Crippen molar-refractivity contribution >= 4 is 0 Å². The molecule has 84 valence electrons. The van der Waals surface area contributed by atoms with E-state index in [0.717, 1.165) is 18.4 Å². The van der Waals surface area contributed by atoms with Gasteiger partial charge in [0.1, 0.15) is 0 Å². The van der Waals surface area contributed by atoms with Crippen LogP contribution in [0.5, 0.6) is 0 Å². The molecule has 1 atom stereocenters. The molecule has 2 nitrogen and oxygen atoms in total. The Morgan fingerprint density at radius 3 is 2.36 bits per heavy atom. The minimum atomic E-state index is 0.567. The highest BCUT2D eigenvalue weighted by molar-refractivity contribution is 4.80. The van der Waals surface area contributed by atoms with Gasteiger partial charge in [-0.25, -0.2) is 0 Å². The molecule has 14 heavy (non-hydrogen) atoms. The molecule has 0 aromatic rings. The molecule has 1 rings (SSSR count). The van der Waals surface area contributed by atoms with Crippen LogP contribution in [0, 0.1) is 11.8 Å². The van der Waals surface area contributed by atoms with Gasteiger partial charge in [0.25, 0.3) is 0 Å². The van der Waals surface area contributed by atoms with Crippen LogP contribution in [0.4, 0.5) is 0 Å². The molecule has 1 unspecified atom stereocenters. The van der Waals surface area contributed by atoms with Crippen molar-refractivity contribution in [1.82, 2.24) is 5.32 Å². The third-order valence-corrected chi connectivity index (χ3v) is 3.75. The molecular formula is C12H25NO. The van der Waals surface area contributed by atoms with Gasteiger partial charge in [-0.3, -0.25) is 0 Å². The first-order valence-corrected chi connectivity index (χ1v) is 5.98. The first-order valence-electron chi connectivity index (χ1n) is 5.98. The second kappa shape index (κ2) is 6.41. The normalized spacial score (nSPS) is 30.2. The summed E-state index contributed by atoms with van der Waals surface area (Å²) < 4.78 is 5.24. The highest BCUT2D eigenvalue weighted by Gasteiger charge is 2.25. The maximum Gasteiger partial charge on any atom is 0.0618 e. The maximum absolute atomic E-state index is 5.24. The van der Waals surface area contributed by atoms with E-state index in [0.29, 0.717) is 6.04 Å². The van der Waals surface area contributed by atoms with Gasteiger partial charge in [0, 0.05) is 13.2 Å². The zero-order valence-electron chi connectivity index (χ0n) is 9.88. The van der Waals surface area contributed by atoms with Crippen molar-refractivity contribution in [2.45, 2.75) is 45.1 Å². The van der Waals surface area contributed by atoms with Gasteiger partial charge in [0.05, 0.1) is 6.61 Å². The molecule has 0 saturated heterocycles. The second-order valence-electron chi connectivity index (χ2n) is 4.54. The summed E-state index contributed by atoms with van der Waals surface area (Å²) in [5, 5.41) is 3.38. The van der Waals surface area contributed by atoms with Crippen molar-refractivity contribution in [2.24, 2.45) is 11.8 Å². The molecular weight excluding hydrogens is 174 g/mol. The number of likely N-dealkylation sites (N-methyl/N-ethyl adjacent to an activating group) is 1. The molecule has 0 aliphatic heterocycles. The Kier molecular flexibility index (Phi) is 5.49. The molecule has 1 aliphatic carbocycles. The topological polar surface area (TPSA) is 21.3 Å². The van der Waals surface area contributed by atoms with Gasteiger partial charge < -0.3 is 10.1 Å². The minimum absolute atomic E-state index is 0.567. The molecule has 0 spiro atoms. The zero-order valence-corrected chi connectivity index (χ0v) is 9.88. The number of rotatable bonds is 5. The van der Waals surface area contributed by atoms with E-state index in [9.17, 15) is 0 Å². The van der Waals surface area contributed by atoms with Gasteiger partial charge in [-0.05, 0) is 31.7 Å². The predicted octanol–water partition coefficient (Wildman–Crippen LogP) is 2.44. The summed E-state index contributed by atoms with van der Waals surface area (Å²) in [5.41, 5.74) is 0. The van der Waals surface area contributed by atoms with Crippen LogP contribution in [-0.4, -0.2) is 26.8 Å². The summed E-state index contributed by atoms with van der Waals surface area (Å²) >= 11 is 0. The Balaban J connectivity index is 2.31. The fourth-order valence-corrected chi connectivity index (χ4v) is 2.63. The third kappa shape index (κ3) is 3.25. The Labute approximate surface area is 88.4 Å². The Morgan fingerprint density at radius 2 is 1.93 bits per heavy atom. The van der Waals surface area contributed by atoms with Crippen molar-refractivity contribution in [3.63, 3.8) is 0 Å². The molecule has 0 aromatic heterocycles. The Morgan fingerprint density at radius 1 is 1.29 bits per heavy atom. The van der Waals surface area contributed by atoms with E-state index in [1.165, 1.54) is 32.1 Å². The highest BCUT2D eigenvalue weighted by atomic mass is 16.5. The number of ether oxygens (including phenoxy) is 1. The first-order chi connectivity index (χ1) is 6.81. The van der Waals surface area contributed by atoms with Crippen LogP contribution < -0.4 is 5.32 Å². The van der Waals surface area contributed by atoms with Crippen LogP contribution >= 0.6 is 0 Å². The van der Waals surface area contributed by atoms with Crippen molar-refractivity contribution in [3.05, 3.63) is 0 Å². The summed E-state index contributed by atoms with van der Waals surface area (Å²) in [7, 11) is 3.84. The standard InChI is InChI=1S/C12H25NO/c1-4-10-5-7-11(8-6-10)12(13-2)9-14-3/h10-13H,4-9H2,1-3H3. The average Bonchev–Trinajstić information content (AvgIpc) is 2.26. The second-order valence-corrected chi connectivity index (χ2v) is 4.54. The minimum Gasteiger partial charge on any atom is -0.383 e. The summed E-state index contributed by atoms with van der Waals surface area (Å²) in [6.07, 6.45) is 6.97. The lowest BCUT2D eigenvalue weighted by molar-refractivity contribution is 0.120. The summed E-state index contributed by atoms with van der Waals surface area (Å²) in [5.74, 6) is 1.83. The van der Waals surface area contributed by atoms with Crippen LogP contribution in [-0.2, 0) is 4.74 Å². The molecule has 0 bridgehead atoms. The quantitative estimate of drug-likeness (QED) is 0.734. The average molecular weight is 199 g/mol. The number of hydrogen-bond acceptors (Lipinski definition) is 2. The Bertz CT molecular complexity index is 141. The third-order valence-electron chi connectivity index (χ3n) is 3.75. The molecule has 2 heteroatoms. The van der Waals surface area contributed by atoms with Crippen LogP contribution in [0.15, 0.2) is 0 Å². The van der Waals surface area contributed by atoms with Gasteiger partial charge in [0.15, 0.2) is 0 Å². The van der Waals surface area contributed by atoms with Crippen LogP contribution in [0.3, 0.4) is 0 Å². The Hall–Kier alpha value is -0.0800. The number of hydrogen-bond donors (Lipinski definition) is 1. The molecule has 1 N–H and O–H groups in total. The molecule has 1 fully saturated rings. The van der Waals surface area contributed by atoms with Crippen molar-refractivity contribution in [3.8, 4) is 0 Å². The summed E-state index contributed by atoms with van der Waals surface area (Å²) in [4.78, 5) is 0. The van der Waals surface area contributed by atoms with E-state index in [1.807, 2.05) is 0 Å². The lowest BCUT2D eigenvalue weighted by atomic mass is 9.78. The van der Waals surface area contributed by atoms with Crippen LogP contribution in [0.25, 0.3) is 0 Å². The largest absolute Gasteiger partial charge is 0.383 e. The van der Waals surface area contributed by atoms with Gasteiger partial charge in [-0.2, -0.15) is 0 Å². The van der Waals surface area contributed by atoms with Crippen molar-refractivity contribution in [1.29, 1.82) is 0 Å². The van der Waals surface area contributed by atoms with E-state index in [4.69, 9.17) is 4.74 Å². The van der Waals surface area contributed by atoms with Crippen molar-refractivity contribution in [2.75, 3.05) is 20.8 Å². The molecule has 0 amide bonds. The molecule has 0 radical (unpaired) electrons. The van der Waals surface area contributed by atoms with Crippen molar-refractivity contribution < 1.29 is 4.74 Å². The maximum atomic E-state index is 5.24. The fraction of sp³-hybridized carbons (Fsp3) is 1.00.